The van der Waals surface area contributed by atoms with Crippen LogP contribution >= 0.6 is 15.9 Å². The molecule has 3 rings (SSSR count). The van der Waals surface area contributed by atoms with E-state index in [-0.39, 0.29) is 5.57 Å². The smallest absolute Gasteiger partial charge is 0.266 e. The number of nitrogens with one attached hydrogen (secondary N) is 1. The van der Waals surface area contributed by atoms with Crippen molar-refractivity contribution in [2.45, 2.75) is 19.8 Å². The van der Waals surface area contributed by atoms with E-state index in [4.69, 9.17) is 0 Å². The van der Waals surface area contributed by atoms with Crippen molar-refractivity contribution >= 4 is 33.6 Å². The van der Waals surface area contributed by atoms with Crippen molar-refractivity contribution in [3.63, 3.8) is 0 Å². The molecule has 3 aromatic carbocycles. The first-order valence-corrected chi connectivity index (χ1v) is 10.2. The maximum absolute atomic E-state index is 12.6. The topological polar surface area (TPSA) is 52.9 Å². The van der Waals surface area contributed by atoms with Crippen LogP contribution in [0.15, 0.2) is 82.8 Å². The molecule has 29 heavy (non-hydrogen) atoms. The van der Waals surface area contributed by atoms with E-state index in [1.807, 2.05) is 72.8 Å². The average Bonchev–Trinajstić information content (AvgIpc) is 2.75. The predicted molar refractivity (Wildman–Crippen MR) is 121 cm³/mol. The maximum Gasteiger partial charge on any atom is 0.266 e. The van der Waals surface area contributed by atoms with E-state index in [1.165, 1.54) is 5.56 Å². The molecule has 1 amide bonds. The standard InChI is InChI=1S/C25H21BrN2O/c1-2-18-11-13-23(14-12-18)28-25(29)22(17-27)16-20-8-4-3-7-19(20)15-21-9-5-6-10-24(21)26/h3-14,16H,2,15H2,1H3,(H,28,29)/b22-16+. The first-order chi connectivity index (χ1) is 14.1. The number of carbonyl (C=O) groups is 1. The van der Waals surface area contributed by atoms with Gasteiger partial charge in [0, 0.05) is 10.2 Å². The third-order valence-corrected chi connectivity index (χ3v) is 5.45. The monoisotopic (exact) mass is 444 g/mol. The van der Waals surface area contributed by atoms with Crippen LogP contribution in [0.1, 0.15) is 29.2 Å². The first-order valence-electron chi connectivity index (χ1n) is 9.44. The predicted octanol–water partition coefficient (Wildman–Crippen LogP) is 6.15. The summed E-state index contributed by atoms with van der Waals surface area (Å²) in [4.78, 5) is 12.6. The molecule has 0 spiro atoms. The van der Waals surface area contributed by atoms with Gasteiger partial charge < -0.3 is 5.32 Å². The zero-order chi connectivity index (χ0) is 20.6. The van der Waals surface area contributed by atoms with Crippen LogP contribution in [0.5, 0.6) is 0 Å². The number of nitriles is 1. The largest absolute Gasteiger partial charge is 0.321 e. The molecule has 0 aliphatic rings. The van der Waals surface area contributed by atoms with Crippen molar-refractivity contribution in [3.05, 3.63) is 105 Å². The van der Waals surface area contributed by atoms with Crippen molar-refractivity contribution in [1.29, 1.82) is 5.26 Å². The molecule has 0 unspecified atom stereocenters. The van der Waals surface area contributed by atoms with Crippen molar-refractivity contribution < 1.29 is 4.79 Å². The van der Waals surface area contributed by atoms with Gasteiger partial charge >= 0.3 is 0 Å². The minimum Gasteiger partial charge on any atom is -0.321 e. The van der Waals surface area contributed by atoms with Crippen LogP contribution in [-0.2, 0) is 17.6 Å². The number of nitrogens with zero attached hydrogens (tertiary/aromatic N) is 1. The van der Waals surface area contributed by atoms with Crippen molar-refractivity contribution in [1.82, 2.24) is 0 Å². The van der Waals surface area contributed by atoms with Gasteiger partial charge in [-0.05, 0) is 59.4 Å². The highest BCUT2D eigenvalue weighted by molar-refractivity contribution is 9.10. The summed E-state index contributed by atoms with van der Waals surface area (Å²) in [6.07, 6.45) is 3.29. The lowest BCUT2D eigenvalue weighted by Crippen LogP contribution is -2.13. The Morgan fingerprint density at radius 2 is 1.66 bits per heavy atom. The van der Waals surface area contributed by atoms with Gasteiger partial charge in [-0.25, -0.2) is 0 Å². The van der Waals surface area contributed by atoms with Crippen LogP contribution in [0.25, 0.3) is 6.08 Å². The summed E-state index contributed by atoms with van der Waals surface area (Å²) in [7, 11) is 0. The summed E-state index contributed by atoms with van der Waals surface area (Å²) in [5.41, 5.74) is 5.00. The molecule has 0 fully saturated rings. The van der Waals surface area contributed by atoms with E-state index in [1.54, 1.807) is 6.08 Å². The molecule has 0 saturated heterocycles. The molecule has 0 aliphatic carbocycles. The Labute approximate surface area is 179 Å². The van der Waals surface area contributed by atoms with Gasteiger partial charge in [0.05, 0.1) is 0 Å². The number of benzene rings is 3. The number of halogens is 1. The number of hydrogen-bond acceptors (Lipinski definition) is 2. The number of amides is 1. The van der Waals surface area contributed by atoms with Crippen LogP contribution in [0.2, 0.25) is 0 Å². The van der Waals surface area contributed by atoms with Crippen molar-refractivity contribution in [3.8, 4) is 6.07 Å². The Morgan fingerprint density at radius 3 is 2.31 bits per heavy atom. The molecule has 0 radical (unpaired) electrons. The fourth-order valence-electron chi connectivity index (χ4n) is 3.01. The molecule has 3 aromatic rings. The van der Waals surface area contributed by atoms with E-state index in [0.717, 1.165) is 27.6 Å². The average molecular weight is 445 g/mol. The van der Waals surface area contributed by atoms with Crippen molar-refractivity contribution in [2.24, 2.45) is 0 Å². The van der Waals surface area contributed by atoms with Crippen LogP contribution in [0.4, 0.5) is 5.69 Å². The number of carbonyl (C=O) groups excluding carboxylic acids is 1. The fraction of sp³-hybridized carbons (Fsp3) is 0.120. The Bertz CT molecular complexity index is 1080. The highest BCUT2D eigenvalue weighted by Crippen LogP contribution is 2.23. The zero-order valence-corrected chi connectivity index (χ0v) is 17.7. The summed E-state index contributed by atoms with van der Waals surface area (Å²) in [5, 5.41) is 12.4. The molecule has 0 saturated carbocycles. The van der Waals surface area contributed by atoms with E-state index in [9.17, 15) is 10.1 Å². The van der Waals surface area contributed by atoms with E-state index in [0.29, 0.717) is 12.1 Å². The van der Waals surface area contributed by atoms with Gasteiger partial charge in [-0.3, -0.25) is 4.79 Å². The summed E-state index contributed by atoms with van der Waals surface area (Å²) in [5.74, 6) is -0.410. The van der Waals surface area contributed by atoms with Gasteiger partial charge in [-0.15, -0.1) is 0 Å². The molecule has 144 valence electrons. The molecule has 0 heterocycles. The maximum atomic E-state index is 12.6. The SMILES string of the molecule is CCc1ccc(NC(=O)/C(C#N)=C/c2ccccc2Cc2ccccc2Br)cc1. The third-order valence-electron chi connectivity index (χ3n) is 4.68. The Morgan fingerprint density at radius 1 is 1.00 bits per heavy atom. The van der Waals surface area contributed by atoms with Crippen LogP contribution in [-0.4, -0.2) is 5.91 Å². The lowest BCUT2D eigenvalue weighted by molar-refractivity contribution is -0.112. The van der Waals surface area contributed by atoms with Gasteiger partial charge in [0.2, 0.25) is 0 Å². The van der Waals surface area contributed by atoms with Crippen LogP contribution < -0.4 is 5.32 Å². The van der Waals surface area contributed by atoms with Gasteiger partial charge in [0.1, 0.15) is 11.6 Å². The molecule has 4 heteroatoms. The minimum absolute atomic E-state index is 0.0733. The van der Waals surface area contributed by atoms with Gasteiger partial charge in [0.15, 0.2) is 0 Å². The second-order valence-electron chi connectivity index (χ2n) is 6.64. The first kappa shape index (κ1) is 20.6. The minimum atomic E-state index is -0.410. The summed E-state index contributed by atoms with van der Waals surface area (Å²) < 4.78 is 1.03. The highest BCUT2D eigenvalue weighted by atomic mass is 79.9. The van der Waals surface area contributed by atoms with Gasteiger partial charge in [-0.2, -0.15) is 5.26 Å². The third kappa shape index (κ3) is 5.43. The van der Waals surface area contributed by atoms with E-state index in [2.05, 4.69) is 34.2 Å². The Hall–Kier alpha value is -3.16. The molecular formula is C25H21BrN2O. The summed E-state index contributed by atoms with van der Waals surface area (Å²) in [6, 6.07) is 25.5. The molecule has 0 aromatic heterocycles. The second-order valence-corrected chi connectivity index (χ2v) is 7.50. The van der Waals surface area contributed by atoms with Crippen LogP contribution in [0.3, 0.4) is 0 Å². The molecule has 0 aliphatic heterocycles. The highest BCUT2D eigenvalue weighted by Gasteiger charge is 2.11. The molecule has 0 bridgehead atoms. The number of rotatable bonds is 6. The fourth-order valence-corrected chi connectivity index (χ4v) is 3.43. The number of aryl methyl sites for hydroxylation is 1. The summed E-state index contributed by atoms with van der Waals surface area (Å²) >= 11 is 3.58. The number of hydrogen-bond donors (Lipinski definition) is 1. The van der Waals surface area contributed by atoms with Gasteiger partial charge in [-0.1, -0.05) is 77.5 Å². The van der Waals surface area contributed by atoms with E-state index >= 15 is 0 Å². The van der Waals surface area contributed by atoms with Gasteiger partial charge in [0.25, 0.3) is 5.91 Å². The molecular weight excluding hydrogens is 424 g/mol. The normalized spacial score (nSPS) is 11.0. The summed E-state index contributed by atoms with van der Waals surface area (Å²) in [6.45, 7) is 2.08. The molecule has 0 atom stereocenters. The van der Waals surface area contributed by atoms with Crippen LogP contribution in [0, 0.1) is 11.3 Å². The van der Waals surface area contributed by atoms with E-state index < -0.39 is 5.91 Å². The quantitative estimate of drug-likeness (QED) is 0.366. The lowest BCUT2D eigenvalue weighted by atomic mass is 9.98. The Kier molecular flexibility index (Phi) is 6.99. The second kappa shape index (κ2) is 9.86. The Balaban J connectivity index is 1.84. The lowest BCUT2D eigenvalue weighted by Gasteiger charge is -2.09. The molecule has 3 nitrogen and oxygen atoms in total. The molecule has 1 N–H and O–H groups in total. The number of anilines is 1. The zero-order valence-electron chi connectivity index (χ0n) is 16.2. The van der Waals surface area contributed by atoms with Crippen molar-refractivity contribution in [2.75, 3.05) is 5.32 Å².